The van der Waals surface area contributed by atoms with Gasteiger partial charge in [-0.1, -0.05) is 32.0 Å². The average Bonchev–Trinajstić information content (AvgIpc) is 2.90. The molecule has 2 aliphatic carbocycles. The van der Waals surface area contributed by atoms with E-state index in [1.165, 1.54) is 25.3 Å². The van der Waals surface area contributed by atoms with Crippen molar-refractivity contribution >= 4 is 23.5 Å². The molecule has 0 amide bonds. The Morgan fingerprint density at radius 1 is 0.902 bits per heavy atom. The number of fused-ring (bicyclic) bond motifs is 6. The summed E-state index contributed by atoms with van der Waals surface area (Å²) < 4.78 is 16.9. The molecule has 1 aliphatic heterocycles. The van der Waals surface area contributed by atoms with Crippen LogP contribution in [-0.2, 0) is 27.1 Å². The second-order valence-corrected chi connectivity index (χ2v) is 10.8. The number of cyclic esters (lactones) is 1. The van der Waals surface area contributed by atoms with Gasteiger partial charge in [0.25, 0.3) is 0 Å². The molecule has 0 spiro atoms. The van der Waals surface area contributed by atoms with Gasteiger partial charge < -0.3 is 29.5 Å². The Hall–Kier alpha value is -4.86. The summed E-state index contributed by atoms with van der Waals surface area (Å²) in [7, 11) is 1.26. The van der Waals surface area contributed by atoms with Gasteiger partial charge in [0.15, 0.2) is 5.78 Å². The van der Waals surface area contributed by atoms with Crippen LogP contribution in [0.5, 0.6) is 23.0 Å². The summed E-state index contributed by atoms with van der Waals surface area (Å²) >= 11 is 0. The molecule has 10 nitrogen and oxygen atoms in total. The van der Waals surface area contributed by atoms with Crippen molar-refractivity contribution in [3.8, 4) is 34.1 Å². The number of methoxy groups -OCH3 is 1. The number of carbonyl (C=O) groups is 4. The van der Waals surface area contributed by atoms with Crippen LogP contribution < -0.4 is 4.74 Å². The van der Waals surface area contributed by atoms with Crippen LogP contribution in [0, 0.1) is 5.92 Å². The van der Waals surface area contributed by atoms with Gasteiger partial charge >= 0.3 is 11.9 Å². The molecule has 2 atom stereocenters. The van der Waals surface area contributed by atoms with E-state index < -0.39 is 58.9 Å². The highest BCUT2D eigenvalue weighted by molar-refractivity contribution is 6.32. The zero-order chi connectivity index (χ0) is 29.5. The third kappa shape index (κ3) is 3.63. The number of aromatic hydroxyl groups is 3. The number of benzene rings is 3. The minimum absolute atomic E-state index is 0.0175. The molecule has 0 fully saturated rings. The predicted molar refractivity (Wildman–Crippen MR) is 143 cm³/mol. The first-order valence-corrected chi connectivity index (χ1v) is 13.1. The Balaban J connectivity index is 1.72. The van der Waals surface area contributed by atoms with Crippen LogP contribution in [0.1, 0.15) is 85.8 Å². The summed E-state index contributed by atoms with van der Waals surface area (Å²) in [6.45, 7) is 5.03. The van der Waals surface area contributed by atoms with Crippen LogP contribution in [0.25, 0.3) is 11.1 Å². The van der Waals surface area contributed by atoms with Crippen molar-refractivity contribution < 1.29 is 48.7 Å². The summed E-state index contributed by atoms with van der Waals surface area (Å²) in [6, 6.07) is 5.73. The topological polar surface area (TPSA) is 157 Å². The number of esters is 2. The van der Waals surface area contributed by atoms with E-state index in [9.17, 15) is 34.5 Å². The van der Waals surface area contributed by atoms with Crippen LogP contribution in [0.2, 0.25) is 0 Å². The van der Waals surface area contributed by atoms with E-state index in [0.717, 1.165) is 0 Å². The fourth-order valence-electron chi connectivity index (χ4n) is 6.05. The zero-order valence-electron chi connectivity index (χ0n) is 22.7. The quantitative estimate of drug-likeness (QED) is 0.312. The van der Waals surface area contributed by atoms with Crippen molar-refractivity contribution in [2.75, 3.05) is 7.11 Å². The first-order chi connectivity index (χ1) is 19.5. The summed E-state index contributed by atoms with van der Waals surface area (Å²) in [5, 5.41) is 33.7. The number of carbonyl (C=O) groups excluding carboxylic acids is 4. The average molecular weight is 559 g/mol. The third-order valence-corrected chi connectivity index (χ3v) is 7.83. The summed E-state index contributed by atoms with van der Waals surface area (Å²) in [4.78, 5) is 53.2. The first-order valence-electron chi connectivity index (χ1n) is 13.1. The van der Waals surface area contributed by atoms with Gasteiger partial charge in [0.1, 0.15) is 40.8 Å². The van der Waals surface area contributed by atoms with Crippen LogP contribution in [0.4, 0.5) is 0 Å². The molecule has 41 heavy (non-hydrogen) atoms. The van der Waals surface area contributed by atoms with Gasteiger partial charge in [-0.05, 0) is 24.1 Å². The monoisotopic (exact) mass is 558 g/mol. The Bertz CT molecular complexity index is 1730. The van der Waals surface area contributed by atoms with Crippen molar-refractivity contribution in [2.24, 2.45) is 5.92 Å². The van der Waals surface area contributed by atoms with Gasteiger partial charge in [0.2, 0.25) is 5.78 Å². The van der Waals surface area contributed by atoms with Gasteiger partial charge in [0.05, 0.1) is 29.7 Å². The lowest BCUT2D eigenvalue weighted by molar-refractivity contribution is -0.153. The first kappa shape index (κ1) is 26.4. The highest BCUT2D eigenvalue weighted by Gasteiger charge is 2.45. The highest BCUT2D eigenvalue weighted by Crippen LogP contribution is 2.57. The Morgan fingerprint density at radius 3 is 2.27 bits per heavy atom. The van der Waals surface area contributed by atoms with Crippen molar-refractivity contribution in [1.82, 2.24) is 0 Å². The van der Waals surface area contributed by atoms with E-state index in [1.807, 2.05) is 0 Å². The van der Waals surface area contributed by atoms with Gasteiger partial charge in [-0.15, -0.1) is 0 Å². The Morgan fingerprint density at radius 2 is 1.59 bits per heavy atom. The number of hydrogen-bond acceptors (Lipinski definition) is 10. The predicted octanol–water partition coefficient (Wildman–Crippen LogP) is 4.15. The summed E-state index contributed by atoms with van der Waals surface area (Å²) in [6.07, 6.45) is -1.17. The molecule has 0 radical (unpaired) electrons. The number of phenols is 3. The van der Waals surface area contributed by atoms with E-state index in [-0.39, 0.29) is 56.7 Å². The number of rotatable bonds is 3. The smallest absolute Gasteiger partial charge is 0.342 e. The molecule has 210 valence electrons. The molecule has 10 heteroatoms. The highest BCUT2D eigenvalue weighted by atomic mass is 16.5. The lowest BCUT2D eigenvalue weighted by Gasteiger charge is -2.34. The van der Waals surface area contributed by atoms with Crippen molar-refractivity contribution in [3.05, 3.63) is 68.8 Å². The summed E-state index contributed by atoms with van der Waals surface area (Å²) in [5.41, 5.74) is -0.139. The van der Waals surface area contributed by atoms with Gasteiger partial charge in [0, 0.05) is 35.1 Å². The maximum atomic E-state index is 13.8. The third-order valence-electron chi connectivity index (χ3n) is 7.83. The lowest BCUT2D eigenvalue weighted by atomic mass is 9.74. The maximum Gasteiger partial charge on any atom is 0.342 e. The molecule has 2 unspecified atom stereocenters. The van der Waals surface area contributed by atoms with Crippen molar-refractivity contribution in [2.45, 2.75) is 45.8 Å². The second kappa shape index (κ2) is 9.09. The Kier molecular flexibility index (Phi) is 5.84. The van der Waals surface area contributed by atoms with Crippen LogP contribution in [-0.4, -0.2) is 52.0 Å². The normalized spacial score (nSPS) is 18.5. The van der Waals surface area contributed by atoms with E-state index >= 15 is 0 Å². The van der Waals surface area contributed by atoms with Crippen LogP contribution in [0.3, 0.4) is 0 Å². The maximum absolute atomic E-state index is 13.8. The van der Waals surface area contributed by atoms with Gasteiger partial charge in [-0.3, -0.25) is 14.4 Å². The molecule has 0 saturated carbocycles. The van der Waals surface area contributed by atoms with Gasteiger partial charge in [-0.25, -0.2) is 4.79 Å². The van der Waals surface area contributed by atoms with Crippen LogP contribution >= 0.6 is 0 Å². The zero-order valence-corrected chi connectivity index (χ0v) is 22.7. The minimum Gasteiger partial charge on any atom is -0.507 e. The lowest BCUT2D eigenvalue weighted by Crippen LogP contribution is -2.28. The molecule has 0 aromatic heterocycles. The molecule has 3 aromatic carbocycles. The SMILES string of the molecule is COc1c2c(c(O)c3c1C(OC(=O)C(C)C)Cc1cc4c(c(O)c1-3)C(=O)OC(C)C4)C(=O)c1cccc(O)c1C2=O. The van der Waals surface area contributed by atoms with E-state index in [1.54, 1.807) is 26.8 Å². The van der Waals surface area contributed by atoms with Crippen molar-refractivity contribution in [3.63, 3.8) is 0 Å². The molecule has 3 aliphatic rings. The fraction of sp³-hybridized carbons (Fsp3) is 0.290. The number of ketones is 2. The Labute approximate surface area is 234 Å². The largest absolute Gasteiger partial charge is 0.507 e. The van der Waals surface area contributed by atoms with E-state index in [0.29, 0.717) is 17.5 Å². The molecule has 3 N–H and O–H groups in total. The standard InChI is InChI=1S/C31H26O10/c1-11(2)30(37)41-17-10-14-9-13-8-12(3)40-31(38)19(13)26(34)18(14)22-21(17)29(39-4)24-23(28(22)36)25(33)15-6-5-7-16(32)20(15)27(24)35/h5-7,9,11-12,17,32,34,36H,8,10H2,1-4H3. The number of hydrogen-bond donors (Lipinski definition) is 3. The minimum atomic E-state index is -1.09. The number of phenolic OH excluding ortho intramolecular Hbond substituents is 3. The molecular weight excluding hydrogens is 532 g/mol. The number of ether oxygens (including phenoxy) is 3. The molecule has 6 rings (SSSR count). The van der Waals surface area contributed by atoms with E-state index in [2.05, 4.69) is 0 Å². The van der Waals surface area contributed by atoms with E-state index in [4.69, 9.17) is 14.2 Å². The molecule has 1 heterocycles. The molecule has 3 aromatic rings. The fourth-order valence-corrected chi connectivity index (χ4v) is 6.05. The molecule has 0 bridgehead atoms. The second-order valence-electron chi connectivity index (χ2n) is 10.8. The molecule has 0 saturated heterocycles. The summed E-state index contributed by atoms with van der Waals surface area (Å²) in [5.74, 6) is -5.03. The van der Waals surface area contributed by atoms with Crippen molar-refractivity contribution in [1.29, 1.82) is 0 Å². The molecular formula is C31H26O10. The van der Waals surface area contributed by atoms with Crippen LogP contribution in [0.15, 0.2) is 24.3 Å². The van der Waals surface area contributed by atoms with Gasteiger partial charge in [-0.2, -0.15) is 0 Å².